The average Bonchev–Trinajstić information content (AvgIpc) is 3.28. The van der Waals surface area contributed by atoms with Crippen LogP contribution in [0.1, 0.15) is 41.4 Å². The number of carbonyl (C=O) groups is 1. The lowest BCUT2D eigenvalue weighted by atomic mass is 10.1. The largest absolute Gasteiger partial charge is 0.478 e. The Bertz CT molecular complexity index is 807. The van der Waals surface area contributed by atoms with Crippen LogP contribution in [0.25, 0.3) is 0 Å². The molecular formula is C16H20N2O5S2. The molecule has 2 aromatic heterocycles. The van der Waals surface area contributed by atoms with Crippen LogP contribution in [-0.4, -0.2) is 44.0 Å². The molecule has 1 saturated heterocycles. The minimum atomic E-state index is -3.76. The fraction of sp³-hybridized carbons (Fsp3) is 0.438. The van der Waals surface area contributed by atoms with Gasteiger partial charge in [-0.15, -0.1) is 11.3 Å². The second-order valence-corrected chi connectivity index (χ2v) is 8.84. The van der Waals surface area contributed by atoms with Gasteiger partial charge in [-0.05, 0) is 44.1 Å². The molecule has 2 N–H and O–H groups in total. The Morgan fingerprint density at radius 1 is 1.36 bits per heavy atom. The molecule has 2 aromatic rings. The summed E-state index contributed by atoms with van der Waals surface area (Å²) in [7, 11) is -3.76. The predicted molar refractivity (Wildman–Crippen MR) is 93.3 cm³/mol. The molecule has 9 heteroatoms. The quantitative estimate of drug-likeness (QED) is 0.761. The number of sulfonamides is 1. The van der Waals surface area contributed by atoms with Gasteiger partial charge < -0.3 is 9.52 Å². The predicted octanol–water partition coefficient (Wildman–Crippen LogP) is 2.54. The van der Waals surface area contributed by atoms with Crippen LogP contribution < -0.4 is 4.72 Å². The Hall–Kier alpha value is -1.68. The number of carboxylic acid groups (broad SMARTS) is 1. The summed E-state index contributed by atoms with van der Waals surface area (Å²) in [6.07, 6.45) is 4.92. The Morgan fingerprint density at radius 2 is 2.12 bits per heavy atom. The van der Waals surface area contributed by atoms with Gasteiger partial charge in [-0.2, -0.15) is 0 Å². The molecule has 1 fully saturated rings. The van der Waals surface area contributed by atoms with Crippen LogP contribution in [0.15, 0.2) is 38.5 Å². The monoisotopic (exact) mass is 384 g/mol. The smallest absolute Gasteiger partial charge is 0.336 e. The van der Waals surface area contributed by atoms with Crippen molar-refractivity contribution in [3.8, 4) is 0 Å². The number of hydrogen-bond donors (Lipinski definition) is 2. The summed E-state index contributed by atoms with van der Waals surface area (Å²) in [6.45, 7) is 1.97. The fourth-order valence-electron chi connectivity index (χ4n) is 2.95. The molecule has 1 aliphatic rings. The lowest BCUT2D eigenvalue weighted by Gasteiger charge is -2.33. The first-order valence-corrected chi connectivity index (χ1v) is 10.4. The topological polar surface area (TPSA) is 99.8 Å². The van der Waals surface area contributed by atoms with Gasteiger partial charge in [-0.1, -0.05) is 6.42 Å². The van der Waals surface area contributed by atoms with Crippen molar-refractivity contribution in [2.75, 3.05) is 19.6 Å². The molecule has 0 saturated carbocycles. The number of nitrogens with zero attached hydrogens (tertiary/aromatic N) is 1. The first-order valence-electron chi connectivity index (χ1n) is 8.06. The molecule has 1 atom stereocenters. The highest BCUT2D eigenvalue weighted by Gasteiger charge is 2.27. The van der Waals surface area contributed by atoms with Crippen LogP contribution >= 0.6 is 11.3 Å². The van der Waals surface area contributed by atoms with Crippen LogP contribution in [0, 0.1) is 0 Å². The number of thiophene rings is 1. The second-order valence-electron chi connectivity index (χ2n) is 5.94. The van der Waals surface area contributed by atoms with Crippen molar-refractivity contribution in [1.29, 1.82) is 0 Å². The normalized spacial score (nSPS) is 17.4. The molecule has 0 aliphatic carbocycles. The van der Waals surface area contributed by atoms with Crippen LogP contribution in [0.2, 0.25) is 0 Å². The van der Waals surface area contributed by atoms with E-state index in [-0.39, 0.29) is 22.4 Å². The molecule has 1 aliphatic heterocycles. The SMILES string of the molecule is O=C(O)c1csc(S(=O)(=O)NCC(c2ccco2)N2CCCCC2)c1. The Labute approximate surface area is 150 Å². The number of furan rings is 1. The van der Waals surface area contributed by atoms with E-state index in [2.05, 4.69) is 9.62 Å². The molecule has 136 valence electrons. The third kappa shape index (κ3) is 4.30. The Kier molecular flexibility index (Phi) is 5.57. The maximum Gasteiger partial charge on any atom is 0.336 e. The van der Waals surface area contributed by atoms with Gasteiger partial charge in [0.25, 0.3) is 0 Å². The first kappa shape index (κ1) is 18.1. The summed E-state index contributed by atoms with van der Waals surface area (Å²) in [5.41, 5.74) is -0.0241. The van der Waals surface area contributed by atoms with Crippen molar-refractivity contribution in [3.05, 3.63) is 41.2 Å². The molecule has 0 radical (unpaired) electrons. The molecule has 3 rings (SSSR count). The maximum absolute atomic E-state index is 12.5. The standard InChI is InChI=1S/C16H20N2O5S2/c19-16(20)12-9-15(24-11-12)25(21,22)17-10-13(14-5-4-8-23-14)18-6-2-1-3-7-18/h4-5,8-9,11,13,17H,1-3,6-7,10H2,(H,19,20). The van der Waals surface area contributed by atoms with Crippen LogP contribution in [0.4, 0.5) is 0 Å². The summed E-state index contributed by atoms with van der Waals surface area (Å²) in [4.78, 5) is 13.2. The van der Waals surface area contributed by atoms with Crippen molar-refractivity contribution in [3.63, 3.8) is 0 Å². The maximum atomic E-state index is 12.5. The van der Waals surface area contributed by atoms with E-state index in [1.54, 1.807) is 12.3 Å². The Balaban J connectivity index is 1.74. The molecule has 7 nitrogen and oxygen atoms in total. The van der Waals surface area contributed by atoms with Crippen molar-refractivity contribution in [2.24, 2.45) is 0 Å². The van der Waals surface area contributed by atoms with Gasteiger partial charge in [0.2, 0.25) is 10.0 Å². The van der Waals surface area contributed by atoms with Crippen molar-refractivity contribution < 1.29 is 22.7 Å². The minimum Gasteiger partial charge on any atom is -0.478 e. The van der Waals surface area contributed by atoms with Crippen molar-refractivity contribution >= 4 is 27.3 Å². The number of likely N-dealkylation sites (tertiary alicyclic amines) is 1. The summed E-state index contributed by atoms with van der Waals surface area (Å²) < 4.78 is 33.1. The average molecular weight is 384 g/mol. The summed E-state index contributed by atoms with van der Waals surface area (Å²) in [6, 6.07) is 4.64. The highest BCUT2D eigenvalue weighted by atomic mass is 32.2. The van der Waals surface area contributed by atoms with Crippen LogP contribution in [0.3, 0.4) is 0 Å². The van der Waals surface area contributed by atoms with Gasteiger partial charge in [-0.3, -0.25) is 4.90 Å². The lowest BCUT2D eigenvalue weighted by Crippen LogP contribution is -2.40. The molecule has 0 bridgehead atoms. The van der Waals surface area contributed by atoms with Crippen molar-refractivity contribution in [2.45, 2.75) is 29.5 Å². The number of rotatable bonds is 7. The summed E-state index contributed by atoms with van der Waals surface area (Å²) >= 11 is 0.901. The Morgan fingerprint density at radius 3 is 2.72 bits per heavy atom. The molecule has 3 heterocycles. The van der Waals surface area contributed by atoms with E-state index < -0.39 is 16.0 Å². The fourth-order valence-corrected chi connectivity index (χ4v) is 5.19. The zero-order chi connectivity index (χ0) is 17.9. The van der Waals surface area contributed by atoms with Gasteiger partial charge in [0.15, 0.2) is 0 Å². The summed E-state index contributed by atoms with van der Waals surface area (Å²) in [5, 5.41) is 10.3. The van der Waals surface area contributed by atoms with Gasteiger partial charge in [0.05, 0.1) is 17.9 Å². The van der Waals surface area contributed by atoms with Gasteiger partial charge >= 0.3 is 5.97 Å². The van der Waals surface area contributed by atoms with E-state index in [4.69, 9.17) is 9.52 Å². The zero-order valence-electron chi connectivity index (χ0n) is 13.6. The number of aromatic carboxylic acids is 1. The van der Waals surface area contributed by atoms with Crippen molar-refractivity contribution in [1.82, 2.24) is 9.62 Å². The van der Waals surface area contributed by atoms with Gasteiger partial charge in [0.1, 0.15) is 9.97 Å². The number of nitrogens with one attached hydrogen (secondary N) is 1. The number of piperidine rings is 1. The number of hydrogen-bond acceptors (Lipinski definition) is 6. The molecule has 0 amide bonds. The van der Waals surface area contributed by atoms with E-state index in [1.807, 2.05) is 6.07 Å². The zero-order valence-corrected chi connectivity index (χ0v) is 15.2. The molecule has 0 aromatic carbocycles. The third-order valence-electron chi connectivity index (χ3n) is 4.26. The van der Waals surface area contributed by atoms with Gasteiger partial charge in [-0.25, -0.2) is 17.9 Å². The van der Waals surface area contributed by atoms with Gasteiger partial charge in [0, 0.05) is 11.9 Å². The van der Waals surface area contributed by atoms with Crippen LogP contribution in [-0.2, 0) is 10.0 Å². The van der Waals surface area contributed by atoms with E-state index in [0.29, 0.717) is 0 Å². The molecule has 1 unspecified atom stereocenters. The molecule has 0 spiro atoms. The third-order valence-corrected chi connectivity index (χ3v) is 7.12. The highest BCUT2D eigenvalue weighted by Crippen LogP contribution is 2.26. The molecular weight excluding hydrogens is 364 g/mol. The second kappa shape index (κ2) is 7.69. The summed E-state index contributed by atoms with van der Waals surface area (Å²) in [5.74, 6) is -0.415. The molecule has 25 heavy (non-hydrogen) atoms. The van der Waals surface area contributed by atoms with E-state index in [9.17, 15) is 13.2 Å². The van der Waals surface area contributed by atoms with Crippen LogP contribution in [0.5, 0.6) is 0 Å². The van der Waals surface area contributed by atoms with E-state index in [1.165, 1.54) is 17.9 Å². The van der Waals surface area contributed by atoms with E-state index >= 15 is 0 Å². The lowest BCUT2D eigenvalue weighted by molar-refractivity contribution is 0.0697. The number of carboxylic acids is 1. The first-order chi connectivity index (χ1) is 12.0. The minimum absolute atomic E-state index is 0.00161. The van der Waals surface area contributed by atoms with E-state index in [0.717, 1.165) is 43.0 Å². The highest BCUT2D eigenvalue weighted by molar-refractivity contribution is 7.91.